The summed E-state index contributed by atoms with van der Waals surface area (Å²) in [5, 5.41) is 10.5. The first-order valence-electron chi connectivity index (χ1n) is 12.1. The van der Waals surface area contributed by atoms with Crippen LogP contribution in [0.1, 0.15) is 86.5 Å². The van der Waals surface area contributed by atoms with Gasteiger partial charge >= 0.3 is 0 Å². The molecule has 28 heavy (non-hydrogen) atoms. The molecule has 0 amide bonds. The Morgan fingerprint density at radius 3 is 2.18 bits per heavy atom. The van der Waals surface area contributed by atoms with Gasteiger partial charge in [-0.25, -0.2) is 0 Å². The van der Waals surface area contributed by atoms with Gasteiger partial charge in [-0.15, -0.1) is 0 Å². The fraction of sp³-hybridized carbons (Fsp3) is 1.00. The molecule has 0 radical (unpaired) electrons. The van der Waals surface area contributed by atoms with Crippen LogP contribution in [0.5, 0.6) is 0 Å². The zero-order valence-corrected chi connectivity index (χ0v) is 18.9. The number of rotatable bonds is 1. The third-order valence-electron chi connectivity index (χ3n) is 10.5. The van der Waals surface area contributed by atoms with Crippen molar-refractivity contribution in [3.8, 4) is 0 Å². The second kappa shape index (κ2) is 6.20. The van der Waals surface area contributed by atoms with Crippen LogP contribution in [0.4, 0.5) is 0 Å². The Morgan fingerprint density at radius 2 is 1.46 bits per heavy atom. The molecule has 5 rings (SSSR count). The van der Waals surface area contributed by atoms with Gasteiger partial charge in [0, 0.05) is 0 Å². The molecule has 5 fully saturated rings. The molecule has 1 aliphatic heterocycles. The summed E-state index contributed by atoms with van der Waals surface area (Å²) in [6.45, 7) is 13.8. The molecule has 4 aliphatic carbocycles. The minimum Gasteiger partial charge on any atom is -0.393 e. The van der Waals surface area contributed by atoms with Gasteiger partial charge in [0.05, 0.1) is 18.3 Å². The Hall–Kier alpha value is -0.120. The molecule has 4 saturated carbocycles. The summed E-state index contributed by atoms with van der Waals surface area (Å²) in [5.74, 6) is 3.47. The number of fused-ring (bicyclic) bond motifs is 8. The first kappa shape index (κ1) is 19.8. The van der Waals surface area contributed by atoms with Crippen molar-refractivity contribution in [3.05, 3.63) is 0 Å². The lowest BCUT2D eigenvalue weighted by Gasteiger charge is -2.63. The number of aliphatic hydroxyl groups is 1. The van der Waals surface area contributed by atoms with E-state index >= 15 is 0 Å². The lowest BCUT2D eigenvalue weighted by molar-refractivity contribution is -0.186. The topological polar surface area (TPSA) is 38.7 Å². The number of aliphatic hydroxyl groups excluding tert-OH is 1. The normalized spacial score (nSPS) is 58.4. The van der Waals surface area contributed by atoms with E-state index in [0.717, 1.165) is 11.8 Å². The van der Waals surface area contributed by atoms with E-state index in [1.807, 2.05) is 6.92 Å². The van der Waals surface area contributed by atoms with Crippen molar-refractivity contribution in [3.63, 3.8) is 0 Å². The first-order chi connectivity index (χ1) is 13.1. The Balaban J connectivity index is 1.56. The van der Waals surface area contributed by atoms with Crippen LogP contribution in [-0.2, 0) is 9.47 Å². The fourth-order valence-electron chi connectivity index (χ4n) is 9.21. The van der Waals surface area contributed by atoms with Gasteiger partial charge in [-0.2, -0.15) is 0 Å². The third-order valence-corrected chi connectivity index (χ3v) is 10.5. The van der Waals surface area contributed by atoms with E-state index in [0.29, 0.717) is 29.1 Å². The van der Waals surface area contributed by atoms with Crippen LogP contribution in [0, 0.1) is 46.3 Å². The Kier molecular flexibility index (Phi) is 4.39. The average Bonchev–Trinajstić information content (AvgIpc) is 3.12. The quantitative estimate of drug-likeness (QED) is 0.651. The van der Waals surface area contributed by atoms with Crippen LogP contribution >= 0.6 is 0 Å². The average molecular weight is 391 g/mol. The van der Waals surface area contributed by atoms with E-state index < -0.39 is 5.79 Å². The number of hydrogen-bond acceptors (Lipinski definition) is 3. The van der Waals surface area contributed by atoms with E-state index in [1.165, 1.54) is 44.9 Å². The predicted octanol–water partition coefficient (Wildman–Crippen LogP) is 5.40. The maximum atomic E-state index is 10.5. The van der Waals surface area contributed by atoms with Crippen LogP contribution in [0.25, 0.3) is 0 Å². The molecular weight excluding hydrogens is 348 g/mol. The molecule has 1 N–H and O–H groups in total. The molecule has 0 aromatic rings. The Labute approximate surface area is 171 Å². The van der Waals surface area contributed by atoms with Gasteiger partial charge in [-0.3, -0.25) is 0 Å². The van der Waals surface area contributed by atoms with Gasteiger partial charge in [-0.05, 0) is 106 Å². The van der Waals surface area contributed by atoms with Crippen molar-refractivity contribution >= 4 is 0 Å². The molecule has 1 heterocycles. The molecule has 11 atom stereocenters. The molecule has 0 spiro atoms. The van der Waals surface area contributed by atoms with E-state index in [9.17, 15) is 5.11 Å². The van der Waals surface area contributed by atoms with Crippen molar-refractivity contribution in [1.82, 2.24) is 0 Å². The van der Waals surface area contributed by atoms with Gasteiger partial charge in [0.15, 0.2) is 5.79 Å². The standard InChI is InChI=1S/C25H42O3/c1-14-9-11-25(6)18-10-12-24(5)16(15(2)26)7-8-17(24)20(18)22-21(19(25)13-14)27-23(3,4)28-22/h14-22,26H,7-13H2,1-6H3/t14-,15?,16+,17?,18?,19?,20?,21+,22+,24+,25+/m0/s1. The van der Waals surface area contributed by atoms with Crippen molar-refractivity contribution in [1.29, 1.82) is 0 Å². The highest BCUT2D eigenvalue weighted by atomic mass is 16.8. The summed E-state index contributed by atoms with van der Waals surface area (Å²) in [5.41, 5.74) is 0.660. The summed E-state index contributed by atoms with van der Waals surface area (Å²) in [6.07, 6.45) is 9.39. The van der Waals surface area contributed by atoms with E-state index in [-0.39, 0.29) is 23.7 Å². The monoisotopic (exact) mass is 390 g/mol. The zero-order chi connectivity index (χ0) is 20.1. The van der Waals surface area contributed by atoms with Crippen molar-refractivity contribution in [2.75, 3.05) is 0 Å². The van der Waals surface area contributed by atoms with Gasteiger partial charge in [0.25, 0.3) is 0 Å². The lowest BCUT2D eigenvalue weighted by atomic mass is 9.43. The summed E-state index contributed by atoms with van der Waals surface area (Å²) >= 11 is 0. The van der Waals surface area contributed by atoms with E-state index in [2.05, 4.69) is 34.6 Å². The summed E-state index contributed by atoms with van der Waals surface area (Å²) in [4.78, 5) is 0. The Morgan fingerprint density at radius 1 is 0.821 bits per heavy atom. The lowest BCUT2D eigenvalue weighted by Crippen LogP contribution is -2.63. The zero-order valence-electron chi connectivity index (χ0n) is 18.9. The van der Waals surface area contributed by atoms with Gasteiger partial charge in [0.1, 0.15) is 0 Å². The van der Waals surface area contributed by atoms with Crippen LogP contribution in [0.15, 0.2) is 0 Å². The van der Waals surface area contributed by atoms with Gasteiger partial charge in [-0.1, -0.05) is 27.2 Å². The SMILES string of the molecule is CC(O)[C@H]1CCC2C3C(CC[C@@]21C)[C@@]1(C)CC[C@H](C)CC1[C@H]1OC(C)(C)O[C@H]31. The smallest absolute Gasteiger partial charge is 0.163 e. The van der Waals surface area contributed by atoms with E-state index in [1.54, 1.807) is 0 Å². The highest BCUT2D eigenvalue weighted by Gasteiger charge is 2.68. The molecule has 5 aliphatic rings. The maximum Gasteiger partial charge on any atom is 0.163 e. The van der Waals surface area contributed by atoms with Crippen LogP contribution in [-0.4, -0.2) is 29.2 Å². The minimum atomic E-state index is -0.456. The number of hydrogen-bond donors (Lipinski definition) is 1. The maximum absolute atomic E-state index is 10.5. The highest BCUT2D eigenvalue weighted by Crippen LogP contribution is 2.70. The van der Waals surface area contributed by atoms with Crippen LogP contribution in [0.3, 0.4) is 0 Å². The summed E-state index contributed by atoms with van der Waals surface area (Å²) < 4.78 is 13.4. The predicted molar refractivity (Wildman–Crippen MR) is 111 cm³/mol. The molecular formula is C25H42O3. The summed E-state index contributed by atoms with van der Waals surface area (Å²) in [7, 11) is 0. The number of ether oxygens (including phenoxy) is 2. The van der Waals surface area contributed by atoms with Crippen LogP contribution in [0.2, 0.25) is 0 Å². The van der Waals surface area contributed by atoms with Gasteiger partial charge < -0.3 is 14.6 Å². The highest BCUT2D eigenvalue weighted by molar-refractivity contribution is 5.15. The molecule has 0 aromatic heterocycles. The van der Waals surface area contributed by atoms with Crippen molar-refractivity contribution in [2.24, 2.45) is 46.3 Å². The fourth-order valence-corrected chi connectivity index (χ4v) is 9.21. The van der Waals surface area contributed by atoms with E-state index in [4.69, 9.17) is 9.47 Å². The summed E-state index contributed by atoms with van der Waals surface area (Å²) in [6, 6.07) is 0. The van der Waals surface area contributed by atoms with Gasteiger partial charge in [0.2, 0.25) is 0 Å². The first-order valence-corrected chi connectivity index (χ1v) is 12.1. The second-order valence-electron chi connectivity index (χ2n) is 12.3. The second-order valence-corrected chi connectivity index (χ2v) is 12.3. The third kappa shape index (κ3) is 2.57. The molecule has 0 bridgehead atoms. The molecule has 0 aromatic carbocycles. The minimum absolute atomic E-state index is 0.193. The van der Waals surface area contributed by atoms with Crippen LogP contribution < -0.4 is 0 Å². The molecule has 5 unspecified atom stereocenters. The molecule has 1 saturated heterocycles. The Bertz CT molecular complexity index is 629. The van der Waals surface area contributed by atoms with Crippen molar-refractivity contribution < 1.29 is 14.6 Å². The van der Waals surface area contributed by atoms with Crippen molar-refractivity contribution in [2.45, 2.75) is 111 Å². The largest absolute Gasteiger partial charge is 0.393 e. The molecule has 3 nitrogen and oxygen atoms in total. The molecule has 160 valence electrons. The molecule has 3 heteroatoms.